The zero-order valence-corrected chi connectivity index (χ0v) is 19.7. The second-order valence-corrected chi connectivity index (χ2v) is 8.20. The molecule has 0 saturated carbocycles. The SMILES string of the molecule is CCCCOCCCN1C(=O)C(c2ccc(C)cc2C)=C(N(CC)c2ccccc2)C1=O. The average Bonchev–Trinajstić information content (AvgIpc) is 3.02. The van der Waals surface area contributed by atoms with Gasteiger partial charge in [0, 0.05) is 32.0 Å². The van der Waals surface area contributed by atoms with Gasteiger partial charge in [-0.2, -0.15) is 0 Å². The molecule has 0 atom stereocenters. The first kappa shape index (κ1) is 23.7. The summed E-state index contributed by atoms with van der Waals surface area (Å²) < 4.78 is 5.64. The summed E-state index contributed by atoms with van der Waals surface area (Å²) in [4.78, 5) is 30.5. The minimum Gasteiger partial charge on any atom is -0.381 e. The maximum absolute atomic E-state index is 13.6. The lowest BCUT2D eigenvalue weighted by atomic mass is 9.97. The highest BCUT2D eigenvalue weighted by molar-refractivity contribution is 6.37. The van der Waals surface area contributed by atoms with Gasteiger partial charge in [0.15, 0.2) is 0 Å². The molecule has 0 N–H and O–H groups in total. The van der Waals surface area contributed by atoms with E-state index < -0.39 is 0 Å². The van der Waals surface area contributed by atoms with Crippen molar-refractivity contribution in [2.24, 2.45) is 0 Å². The molecule has 0 aromatic heterocycles. The summed E-state index contributed by atoms with van der Waals surface area (Å²) in [5.74, 6) is -0.455. The van der Waals surface area contributed by atoms with Crippen molar-refractivity contribution in [3.05, 3.63) is 70.9 Å². The van der Waals surface area contributed by atoms with Gasteiger partial charge in [0.05, 0.1) is 5.57 Å². The highest BCUT2D eigenvalue weighted by Gasteiger charge is 2.41. The normalized spacial score (nSPS) is 13.9. The molecule has 3 rings (SSSR count). The number of para-hydroxylation sites is 1. The average molecular weight is 435 g/mol. The summed E-state index contributed by atoms with van der Waals surface area (Å²) in [5.41, 5.74) is 4.79. The van der Waals surface area contributed by atoms with Gasteiger partial charge in [0.2, 0.25) is 0 Å². The van der Waals surface area contributed by atoms with Crippen molar-refractivity contribution in [2.45, 2.75) is 47.0 Å². The molecule has 5 heteroatoms. The zero-order valence-electron chi connectivity index (χ0n) is 19.7. The standard InChI is InChI=1S/C27H34N2O3/c1-5-7-17-32-18-11-16-29-26(30)24(23-15-14-20(3)19-21(23)4)25(27(29)31)28(6-2)22-12-9-8-10-13-22/h8-10,12-15,19H,5-7,11,16-18H2,1-4H3. The van der Waals surface area contributed by atoms with Gasteiger partial charge >= 0.3 is 0 Å². The summed E-state index contributed by atoms with van der Waals surface area (Å²) >= 11 is 0. The fourth-order valence-corrected chi connectivity index (χ4v) is 4.10. The smallest absolute Gasteiger partial charge is 0.278 e. The first-order valence-corrected chi connectivity index (χ1v) is 11.6. The molecule has 0 fully saturated rings. The number of likely N-dealkylation sites (N-methyl/N-ethyl adjacent to an activating group) is 1. The van der Waals surface area contributed by atoms with E-state index in [2.05, 4.69) is 13.0 Å². The van der Waals surface area contributed by atoms with Gasteiger partial charge in [0.25, 0.3) is 11.8 Å². The van der Waals surface area contributed by atoms with Gasteiger partial charge in [-0.25, -0.2) is 0 Å². The van der Waals surface area contributed by atoms with Crippen LogP contribution in [0.1, 0.15) is 49.8 Å². The molecule has 32 heavy (non-hydrogen) atoms. The Morgan fingerprint density at radius 3 is 2.28 bits per heavy atom. The molecule has 1 aliphatic heterocycles. The van der Waals surface area contributed by atoms with Crippen molar-refractivity contribution in [1.82, 2.24) is 4.90 Å². The predicted octanol–water partition coefficient (Wildman–Crippen LogP) is 5.12. The van der Waals surface area contributed by atoms with E-state index in [0.717, 1.165) is 35.2 Å². The van der Waals surface area contributed by atoms with Gasteiger partial charge in [-0.1, -0.05) is 55.3 Å². The van der Waals surface area contributed by atoms with Gasteiger partial charge in [-0.05, 0) is 56.9 Å². The number of hydrogen-bond acceptors (Lipinski definition) is 4. The zero-order chi connectivity index (χ0) is 23.1. The summed E-state index contributed by atoms with van der Waals surface area (Å²) in [6.07, 6.45) is 2.74. The van der Waals surface area contributed by atoms with E-state index in [9.17, 15) is 9.59 Å². The third-order valence-corrected chi connectivity index (χ3v) is 5.76. The first-order valence-electron chi connectivity index (χ1n) is 11.6. The number of rotatable bonds is 11. The highest BCUT2D eigenvalue weighted by atomic mass is 16.5. The summed E-state index contributed by atoms with van der Waals surface area (Å²) in [7, 11) is 0. The Kier molecular flexibility index (Phi) is 8.23. The molecule has 0 bridgehead atoms. The fourth-order valence-electron chi connectivity index (χ4n) is 4.10. The number of benzene rings is 2. The van der Waals surface area contributed by atoms with Crippen LogP contribution in [0, 0.1) is 13.8 Å². The van der Waals surface area contributed by atoms with Crippen LogP contribution in [0.2, 0.25) is 0 Å². The van der Waals surface area contributed by atoms with Crippen molar-refractivity contribution < 1.29 is 14.3 Å². The van der Waals surface area contributed by atoms with Crippen LogP contribution in [0.5, 0.6) is 0 Å². The molecule has 0 spiro atoms. The van der Waals surface area contributed by atoms with Crippen LogP contribution in [-0.4, -0.2) is 43.0 Å². The van der Waals surface area contributed by atoms with Crippen molar-refractivity contribution in [2.75, 3.05) is 31.2 Å². The molecule has 0 saturated heterocycles. The maximum atomic E-state index is 13.6. The molecule has 1 heterocycles. The van der Waals surface area contributed by atoms with Crippen LogP contribution in [0.25, 0.3) is 5.57 Å². The second-order valence-electron chi connectivity index (χ2n) is 8.20. The summed E-state index contributed by atoms with van der Waals surface area (Å²) in [6.45, 7) is 10.3. The van der Waals surface area contributed by atoms with E-state index in [1.807, 2.05) is 68.1 Å². The van der Waals surface area contributed by atoms with Gasteiger partial charge in [0.1, 0.15) is 5.70 Å². The van der Waals surface area contributed by atoms with E-state index in [4.69, 9.17) is 4.74 Å². The van der Waals surface area contributed by atoms with Crippen molar-refractivity contribution >= 4 is 23.1 Å². The number of ether oxygens (including phenoxy) is 1. The Morgan fingerprint density at radius 1 is 0.906 bits per heavy atom. The number of carbonyl (C=O) groups excluding carboxylic acids is 2. The minimum atomic E-state index is -0.232. The third-order valence-electron chi connectivity index (χ3n) is 5.76. The molecule has 2 aromatic rings. The van der Waals surface area contributed by atoms with Crippen LogP contribution in [0.15, 0.2) is 54.2 Å². The molecule has 2 aromatic carbocycles. The molecule has 1 aliphatic rings. The Labute approximate surface area is 191 Å². The van der Waals surface area contributed by atoms with Gasteiger partial charge < -0.3 is 9.64 Å². The molecule has 2 amide bonds. The van der Waals surface area contributed by atoms with Crippen molar-refractivity contribution in [3.63, 3.8) is 0 Å². The Hall–Kier alpha value is -2.92. The molecule has 0 radical (unpaired) electrons. The summed E-state index contributed by atoms with van der Waals surface area (Å²) in [6, 6.07) is 15.8. The van der Waals surface area contributed by atoms with E-state index >= 15 is 0 Å². The Balaban J connectivity index is 1.96. The fraction of sp³-hybridized carbons (Fsp3) is 0.407. The van der Waals surface area contributed by atoms with Crippen LogP contribution >= 0.6 is 0 Å². The van der Waals surface area contributed by atoms with Crippen LogP contribution in [0.4, 0.5) is 5.69 Å². The van der Waals surface area contributed by atoms with Crippen molar-refractivity contribution in [1.29, 1.82) is 0 Å². The lowest BCUT2D eigenvalue weighted by Crippen LogP contribution is -2.36. The molecular weight excluding hydrogens is 400 g/mol. The predicted molar refractivity (Wildman–Crippen MR) is 129 cm³/mol. The molecule has 0 aliphatic carbocycles. The van der Waals surface area contributed by atoms with E-state index in [-0.39, 0.29) is 11.8 Å². The lowest BCUT2D eigenvalue weighted by Gasteiger charge is -2.25. The number of nitrogens with zero attached hydrogens (tertiary/aromatic N) is 2. The highest BCUT2D eigenvalue weighted by Crippen LogP contribution is 2.35. The lowest BCUT2D eigenvalue weighted by molar-refractivity contribution is -0.137. The number of carbonyl (C=O) groups is 2. The third kappa shape index (κ3) is 5.10. The summed E-state index contributed by atoms with van der Waals surface area (Å²) in [5, 5.41) is 0. The number of anilines is 1. The molecule has 170 valence electrons. The Bertz CT molecular complexity index is 982. The van der Waals surface area contributed by atoms with Crippen molar-refractivity contribution in [3.8, 4) is 0 Å². The van der Waals surface area contributed by atoms with Crippen LogP contribution in [0.3, 0.4) is 0 Å². The van der Waals surface area contributed by atoms with Crippen LogP contribution in [-0.2, 0) is 14.3 Å². The Morgan fingerprint density at radius 2 is 1.62 bits per heavy atom. The van der Waals surface area contributed by atoms with Gasteiger partial charge in [-0.15, -0.1) is 0 Å². The number of hydrogen-bond donors (Lipinski definition) is 0. The minimum absolute atomic E-state index is 0.222. The molecule has 0 unspecified atom stereocenters. The van der Waals surface area contributed by atoms with E-state index in [1.54, 1.807) is 0 Å². The molecule has 5 nitrogen and oxygen atoms in total. The van der Waals surface area contributed by atoms with E-state index in [1.165, 1.54) is 4.90 Å². The quantitative estimate of drug-likeness (QED) is 0.364. The van der Waals surface area contributed by atoms with Crippen LogP contribution < -0.4 is 4.90 Å². The van der Waals surface area contributed by atoms with E-state index in [0.29, 0.717) is 44.0 Å². The number of unbranched alkanes of at least 4 members (excludes halogenated alkanes) is 1. The number of amides is 2. The maximum Gasteiger partial charge on any atom is 0.278 e. The first-order chi connectivity index (χ1) is 15.5. The monoisotopic (exact) mass is 434 g/mol. The van der Waals surface area contributed by atoms with Gasteiger partial charge in [-0.3, -0.25) is 14.5 Å². The number of aryl methyl sites for hydroxylation is 2. The number of imide groups is 1. The topological polar surface area (TPSA) is 49.9 Å². The molecular formula is C27H34N2O3. The second kappa shape index (κ2) is 11.1. The largest absolute Gasteiger partial charge is 0.381 e.